The lowest BCUT2D eigenvalue weighted by Gasteiger charge is -2.11. The maximum atomic E-state index is 4.98. The van der Waals surface area contributed by atoms with E-state index in [-0.39, 0.29) is 0 Å². The Bertz CT molecular complexity index is 207. The average Bonchev–Trinajstić information content (AvgIpc) is 2.59. The third-order valence-electron chi connectivity index (χ3n) is 2.27. The molecular formula is C11H22N2OS. The molecule has 1 unspecified atom stereocenters. The number of thioether (sulfide) groups is 1. The first-order valence-electron chi connectivity index (χ1n) is 5.65. The lowest BCUT2D eigenvalue weighted by molar-refractivity contribution is 0.197. The van der Waals surface area contributed by atoms with Crippen molar-refractivity contribution in [3.8, 4) is 0 Å². The molecule has 0 spiro atoms. The largest absolute Gasteiger partial charge is 0.385 e. The summed E-state index contributed by atoms with van der Waals surface area (Å²) in [7, 11) is 1.73. The molecule has 0 aromatic rings. The normalized spacial score (nSPS) is 23.7. The Balaban J connectivity index is 2.17. The van der Waals surface area contributed by atoms with Gasteiger partial charge in [0.2, 0.25) is 0 Å². The molecule has 1 saturated heterocycles. The van der Waals surface area contributed by atoms with E-state index in [1.807, 2.05) is 11.8 Å². The van der Waals surface area contributed by atoms with Gasteiger partial charge in [-0.1, -0.05) is 25.6 Å². The zero-order chi connectivity index (χ0) is 11.1. The number of rotatable bonds is 6. The molecule has 4 heteroatoms. The first kappa shape index (κ1) is 12.8. The summed E-state index contributed by atoms with van der Waals surface area (Å²) < 4.78 is 4.98. The number of hydrogen-bond donors (Lipinski definition) is 1. The average molecular weight is 230 g/mol. The van der Waals surface area contributed by atoms with Gasteiger partial charge in [-0.15, -0.1) is 0 Å². The fourth-order valence-electron chi connectivity index (χ4n) is 1.61. The molecule has 1 aliphatic heterocycles. The highest BCUT2D eigenvalue weighted by atomic mass is 32.2. The molecule has 0 radical (unpaired) electrons. The molecule has 0 aromatic heterocycles. The van der Waals surface area contributed by atoms with Gasteiger partial charge in [-0.05, 0) is 18.8 Å². The van der Waals surface area contributed by atoms with Crippen LogP contribution in [0.5, 0.6) is 0 Å². The van der Waals surface area contributed by atoms with E-state index in [0.29, 0.717) is 6.04 Å². The van der Waals surface area contributed by atoms with Crippen LogP contribution in [0, 0.1) is 5.92 Å². The maximum absolute atomic E-state index is 4.98. The Morgan fingerprint density at radius 2 is 2.40 bits per heavy atom. The van der Waals surface area contributed by atoms with Gasteiger partial charge >= 0.3 is 0 Å². The standard InChI is InChI=1S/C11H22N2OS/c1-9(2)7-10-8-15-11(13-10)12-5-4-6-14-3/h9-10H,4-8H2,1-3H3,(H,12,13). The molecule has 0 bridgehead atoms. The number of ether oxygens (including phenoxy) is 1. The minimum Gasteiger partial charge on any atom is -0.385 e. The Hall–Kier alpha value is -0.220. The van der Waals surface area contributed by atoms with Crippen molar-refractivity contribution in [1.82, 2.24) is 5.32 Å². The fourth-order valence-corrected chi connectivity index (χ4v) is 2.63. The number of amidine groups is 1. The Kier molecular flexibility index (Phi) is 6.10. The van der Waals surface area contributed by atoms with Crippen molar-refractivity contribution >= 4 is 16.9 Å². The number of methoxy groups -OCH3 is 1. The van der Waals surface area contributed by atoms with Crippen molar-refractivity contribution in [2.45, 2.75) is 32.7 Å². The van der Waals surface area contributed by atoms with Gasteiger partial charge in [-0.3, -0.25) is 4.99 Å². The van der Waals surface area contributed by atoms with Crippen LogP contribution in [0.1, 0.15) is 26.7 Å². The summed E-state index contributed by atoms with van der Waals surface area (Å²) in [5.41, 5.74) is 0. The lowest BCUT2D eigenvalue weighted by atomic mass is 10.1. The number of hydrogen-bond acceptors (Lipinski definition) is 3. The number of nitrogens with one attached hydrogen (secondary N) is 1. The smallest absolute Gasteiger partial charge is 0.156 e. The Morgan fingerprint density at radius 1 is 1.60 bits per heavy atom. The van der Waals surface area contributed by atoms with E-state index in [9.17, 15) is 0 Å². The summed E-state index contributed by atoms with van der Waals surface area (Å²) >= 11 is 1.85. The highest BCUT2D eigenvalue weighted by Crippen LogP contribution is 2.18. The van der Waals surface area contributed by atoms with Crippen LogP contribution in [0.2, 0.25) is 0 Å². The van der Waals surface area contributed by atoms with Crippen molar-refractivity contribution < 1.29 is 4.74 Å². The van der Waals surface area contributed by atoms with Gasteiger partial charge in [0, 0.05) is 32.1 Å². The van der Waals surface area contributed by atoms with Crippen LogP contribution in [0.25, 0.3) is 0 Å². The van der Waals surface area contributed by atoms with Crippen LogP contribution >= 0.6 is 11.8 Å². The van der Waals surface area contributed by atoms with E-state index < -0.39 is 0 Å². The van der Waals surface area contributed by atoms with Crippen LogP contribution in [0.4, 0.5) is 0 Å². The molecule has 3 nitrogen and oxygen atoms in total. The van der Waals surface area contributed by atoms with Gasteiger partial charge in [0.05, 0.1) is 0 Å². The Morgan fingerprint density at radius 3 is 3.07 bits per heavy atom. The number of nitrogens with zero attached hydrogens (tertiary/aromatic N) is 1. The van der Waals surface area contributed by atoms with Crippen molar-refractivity contribution in [2.24, 2.45) is 10.9 Å². The zero-order valence-electron chi connectivity index (χ0n) is 9.95. The third-order valence-corrected chi connectivity index (χ3v) is 3.36. The second-order valence-electron chi connectivity index (χ2n) is 4.32. The van der Waals surface area contributed by atoms with Crippen LogP contribution < -0.4 is 5.32 Å². The molecular weight excluding hydrogens is 208 g/mol. The van der Waals surface area contributed by atoms with Gasteiger partial charge < -0.3 is 10.1 Å². The summed E-state index contributed by atoms with van der Waals surface area (Å²) in [6, 6.07) is 0.621. The first-order chi connectivity index (χ1) is 7.22. The van der Waals surface area contributed by atoms with Gasteiger partial charge in [-0.2, -0.15) is 0 Å². The van der Waals surface area contributed by atoms with Gasteiger partial charge in [0.15, 0.2) is 5.17 Å². The minimum absolute atomic E-state index is 0.621. The molecule has 0 aliphatic carbocycles. The van der Waals surface area contributed by atoms with Gasteiger partial charge in [0.25, 0.3) is 0 Å². The van der Waals surface area contributed by atoms with Crippen LogP contribution in [0.15, 0.2) is 4.99 Å². The monoisotopic (exact) mass is 230 g/mol. The molecule has 1 heterocycles. The summed E-state index contributed by atoms with van der Waals surface area (Å²) in [6.45, 7) is 6.20. The van der Waals surface area contributed by atoms with E-state index in [1.54, 1.807) is 7.11 Å². The van der Waals surface area contributed by atoms with Crippen LogP contribution in [-0.4, -0.2) is 37.2 Å². The number of aliphatic imine (C=N–C) groups is 1. The maximum Gasteiger partial charge on any atom is 0.156 e. The predicted molar refractivity (Wildman–Crippen MR) is 67.6 cm³/mol. The quantitative estimate of drug-likeness (QED) is 0.710. The van der Waals surface area contributed by atoms with Crippen molar-refractivity contribution in [3.63, 3.8) is 0 Å². The second-order valence-corrected chi connectivity index (χ2v) is 5.32. The molecule has 1 fully saturated rings. The van der Waals surface area contributed by atoms with Crippen LogP contribution in [0.3, 0.4) is 0 Å². The van der Waals surface area contributed by atoms with E-state index in [2.05, 4.69) is 24.2 Å². The van der Waals surface area contributed by atoms with Crippen molar-refractivity contribution in [2.75, 3.05) is 26.0 Å². The summed E-state index contributed by atoms with van der Waals surface area (Å²) in [4.78, 5) is 4.51. The second kappa shape index (κ2) is 7.12. The molecule has 1 aliphatic rings. The van der Waals surface area contributed by atoms with Crippen LogP contribution in [-0.2, 0) is 4.74 Å². The summed E-state index contributed by atoms with van der Waals surface area (Å²) in [5.74, 6) is 1.93. The SMILES string of the molecule is COCCCN=C1NC(CC(C)C)CS1. The molecule has 88 valence electrons. The zero-order valence-corrected chi connectivity index (χ0v) is 10.8. The lowest BCUT2D eigenvalue weighted by Crippen LogP contribution is -2.28. The highest BCUT2D eigenvalue weighted by Gasteiger charge is 2.20. The van der Waals surface area contributed by atoms with E-state index in [4.69, 9.17) is 4.74 Å². The fraction of sp³-hybridized carbons (Fsp3) is 0.909. The molecule has 0 saturated carbocycles. The van der Waals surface area contributed by atoms with Gasteiger partial charge in [0.1, 0.15) is 0 Å². The van der Waals surface area contributed by atoms with Crippen molar-refractivity contribution in [3.05, 3.63) is 0 Å². The first-order valence-corrected chi connectivity index (χ1v) is 6.63. The van der Waals surface area contributed by atoms with E-state index >= 15 is 0 Å². The molecule has 1 atom stereocenters. The van der Waals surface area contributed by atoms with E-state index in [1.165, 1.54) is 12.2 Å². The van der Waals surface area contributed by atoms with E-state index in [0.717, 1.165) is 30.7 Å². The minimum atomic E-state index is 0.621. The molecule has 1 N–H and O–H groups in total. The van der Waals surface area contributed by atoms with Crippen molar-refractivity contribution in [1.29, 1.82) is 0 Å². The topological polar surface area (TPSA) is 33.6 Å². The summed E-state index contributed by atoms with van der Waals surface area (Å²) in [6.07, 6.45) is 2.25. The Labute approximate surface area is 97.1 Å². The third kappa shape index (κ3) is 5.42. The molecule has 0 amide bonds. The van der Waals surface area contributed by atoms with Gasteiger partial charge in [-0.25, -0.2) is 0 Å². The molecule has 1 rings (SSSR count). The summed E-state index contributed by atoms with van der Waals surface area (Å²) in [5, 5.41) is 4.59. The highest BCUT2D eigenvalue weighted by molar-refractivity contribution is 8.14. The molecule has 0 aromatic carbocycles. The molecule has 15 heavy (non-hydrogen) atoms. The predicted octanol–water partition coefficient (Wildman–Crippen LogP) is 2.13.